The number of carbonyl (C=O) groups is 2. The Morgan fingerprint density at radius 3 is 2.35 bits per heavy atom. The predicted octanol–water partition coefficient (Wildman–Crippen LogP) is 4.15. The molecule has 2 amide bonds. The van der Waals surface area contributed by atoms with E-state index in [-0.39, 0.29) is 17.9 Å². The van der Waals surface area contributed by atoms with Crippen LogP contribution in [0.25, 0.3) is 0 Å². The number of benzene rings is 2. The Morgan fingerprint density at radius 2 is 1.69 bits per heavy atom. The highest BCUT2D eigenvalue weighted by molar-refractivity contribution is 6.21. The van der Waals surface area contributed by atoms with Gasteiger partial charge in [0, 0.05) is 0 Å². The van der Waals surface area contributed by atoms with Crippen LogP contribution < -0.4 is 9.47 Å². The number of hydrogen-bond acceptors (Lipinski definition) is 4. The molecule has 0 fully saturated rings. The Morgan fingerprint density at radius 1 is 0.962 bits per heavy atom. The second kappa shape index (κ2) is 7.20. The van der Waals surface area contributed by atoms with Gasteiger partial charge in [0.15, 0.2) is 11.5 Å². The van der Waals surface area contributed by atoms with Gasteiger partial charge in [0.05, 0.1) is 30.9 Å². The van der Waals surface area contributed by atoms with Gasteiger partial charge >= 0.3 is 0 Å². The van der Waals surface area contributed by atoms with E-state index in [1.165, 1.54) is 4.90 Å². The second-order valence-electron chi connectivity index (χ2n) is 6.30. The highest BCUT2D eigenvalue weighted by Gasteiger charge is 2.40. The van der Waals surface area contributed by atoms with Gasteiger partial charge in [0.1, 0.15) is 0 Å². The zero-order valence-corrected chi connectivity index (χ0v) is 15.5. The highest BCUT2D eigenvalue weighted by Crippen LogP contribution is 2.37. The third kappa shape index (κ3) is 2.94. The molecule has 0 aromatic heterocycles. The molecule has 1 heterocycles. The molecule has 5 heteroatoms. The molecule has 3 rings (SSSR count). The summed E-state index contributed by atoms with van der Waals surface area (Å²) in [5, 5.41) is 0. The van der Waals surface area contributed by atoms with Crippen molar-refractivity contribution in [1.82, 2.24) is 4.90 Å². The van der Waals surface area contributed by atoms with Crippen LogP contribution in [0, 0.1) is 6.92 Å². The zero-order chi connectivity index (χ0) is 18.8. The minimum Gasteiger partial charge on any atom is -0.493 e. The van der Waals surface area contributed by atoms with Crippen molar-refractivity contribution >= 4 is 11.8 Å². The van der Waals surface area contributed by atoms with Crippen molar-refractivity contribution in [3.63, 3.8) is 0 Å². The van der Waals surface area contributed by atoms with Crippen LogP contribution in [0.4, 0.5) is 0 Å². The van der Waals surface area contributed by atoms with Gasteiger partial charge in [-0.1, -0.05) is 24.6 Å². The molecule has 1 unspecified atom stereocenters. The lowest BCUT2D eigenvalue weighted by atomic mass is 10.0. The SMILES string of the molecule is CCOc1cc(C(CC)N2C(=O)c3ccc(C)cc3C2=O)ccc1OC. The van der Waals surface area contributed by atoms with Gasteiger partial charge in [-0.15, -0.1) is 0 Å². The monoisotopic (exact) mass is 353 g/mol. The molecule has 136 valence electrons. The smallest absolute Gasteiger partial charge is 0.262 e. The van der Waals surface area contributed by atoms with E-state index in [0.29, 0.717) is 35.7 Å². The molecule has 2 aromatic rings. The molecule has 0 saturated carbocycles. The third-order valence-corrected chi connectivity index (χ3v) is 4.64. The van der Waals surface area contributed by atoms with Crippen LogP contribution in [0.1, 0.15) is 58.2 Å². The molecular weight excluding hydrogens is 330 g/mol. The van der Waals surface area contributed by atoms with Gasteiger partial charge < -0.3 is 9.47 Å². The summed E-state index contributed by atoms with van der Waals surface area (Å²) in [6.07, 6.45) is 0.613. The fourth-order valence-corrected chi connectivity index (χ4v) is 3.39. The number of imide groups is 1. The number of fused-ring (bicyclic) bond motifs is 1. The summed E-state index contributed by atoms with van der Waals surface area (Å²) in [7, 11) is 1.58. The first kappa shape index (κ1) is 18.0. The number of ether oxygens (including phenoxy) is 2. The fraction of sp³-hybridized carbons (Fsp3) is 0.333. The zero-order valence-electron chi connectivity index (χ0n) is 15.5. The summed E-state index contributed by atoms with van der Waals surface area (Å²) in [6.45, 7) is 6.28. The van der Waals surface area contributed by atoms with E-state index in [4.69, 9.17) is 9.47 Å². The quantitative estimate of drug-likeness (QED) is 0.732. The van der Waals surface area contributed by atoms with Gasteiger partial charge in [0.25, 0.3) is 11.8 Å². The highest BCUT2D eigenvalue weighted by atomic mass is 16.5. The normalized spacial score (nSPS) is 14.4. The maximum Gasteiger partial charge on any atom is 0.262 e. The van der Waals surface area contributed by atoms with Crippen molar-refractivity contribution in [2.24, 2.45) is 0 Å². The topological polar surface area (TPSA) is 55.8 Å². The van der Waals surface area contributed by atoms with E-state index < -0.39 is 0 Å². The summed E-state index contributed by atoms with van der Waals surface area (Å²) in [5.41, 5.74) is 2.76. The van der Waals surface area contributed by atoms with E-state index >= 15 is 0 Å². The van der Waals surface area contributed by atoms with Gasteiger partial charge in [0.2, 0.25) is 0 Å². The Hall–Kier alpha value is -2.82. The van der Waals surface area contributed by atoms with Crippen LogP contribution in [0.3, 0.4) is 0 Å². The summed E-state index contributed by atoms with van der Waals surface area (Å²) >= 11 is 0. The van der Waals surface area contributed by atoms with Gasteiger partial charge in [-0.3, -0.25) is 14.5 Å². The molecule has 0 radical (unpaired) electrons. The number of methoxy groups -OCH3 is 1. The average Bonchev–Trinajstić information content (AvgIpc) is 2.87. The summed E-state index contributed by atoms with van der Waals surface area (Å²) in [4.78, 5) is 27.2. The van der Waals surface area contributed by atoms with Crippen molar-refractivity contribution in [2.75, 3.05) is 13.7 Å². The number of nitrogens with zero attached hydrogens (tertiary/aromatic N) is 1. The van der Waals surface area contributed by atoms with Crippen molar-refractivity contribution in [1.29, 1.82) is 0 Å². The molecule has 0 spiro atoms. The molecule has 0 saturated heterocycles. The number of amides is 2. The van der Waals surface area contributed by atoms with Crippen LogP contribution in [0.15, 0.2) is 36.4 Å². The lowest BCUT2D eigenvalue weighted by Crippen LogP contribution is -2.33. The molecule has 0 bridgehead atoms. The summed E-state index contributed by atoms with van der Waals surface area (Å²) < 4.78 is 11.0. The molecule has 5 nitrogen and oxygen atoms in total. The van der Waals surface area contributed by atoms with Crippen LogP contribution >= 0.6 is 0 Å². The summed E-state index contributed by atoms with van der Waals surface area (Å²) in [6, 6.07) is 10.6. The molecule has 26 heavy (non-hydrogen) atoms. The molecule has 1 aliphatic heterocycles. The number of hydrogen-bond donors (Lipinski definition) is 0. The fourth-order valence-electron chi connectivity index (χ4n) is 3.39. The van der Waals surface area contributed by atoms with E-state index in [0.717, 1.165) is 11.1 Å². The molecular formula is C21H23NO4. The van der Waals surface area contributed by atoms with Gasteiger partial charge in [-0.2, -0.15) is 0 Å². The molecule has 0 N–H and O–H groups in total. The number of carbonyl (C=O) groups excluding carboxylic acids is 2. The Balaban J connectivity index is 2.01. The maximum atomic E-state index is 12.9. The first-order chi connectivity index (χ1) is 12.5. The second-order valence-corrected chi connectivity index (χ2v) is 6.30. The van der Waals surface area contributed by atoms with E-state index in [9.17, 15) is 9.59 Å². The minimum absolute atomic E-state index is 0.241. The lowest BCUT2D eigenvalue weighted by molar-refractivity contribution is 0.0577. The minimum atomic E-state index is -0.354. The van der Waals surface area contributed by atoms with E-state index in [1.807, 2.05) is 45.0 Å². The van der Waals surface area contributed by atoms with Crippen molar-refractivity contribution < 1.29 is 19.1 Å². The largest absolute Gasteiger partial charge is 0.493 e. The third-order valence-electron chi connectivity index (χ3n) is 4.64. The molecule has 0 aliphatic carbocycles. The van der Waals surface area contributed by atoms with E-state index in [2.05, 4.69) is 0 Å². The average molecular weight is 353 g/mol. The van der Waals surface area contributed by atoms with E-state index in [1.54, 1.807) is 19.2 Å². The Labute approximate surface area is 153 Å². The van der Waals surface area contributed by atoms with Crippen LogP contribution in [-0.4, -0.2) is 30.4 Å². The predicted molar refractivity (Wildman–Crippen MR) is 98.9 cm³/mol. The number of aryl methyl sites for hydroxylation is 1. The van der Waals surface area contributed by atoms with Crippen LogP contribution in [0.2, 0.25) is 0 Å². The van der Waals surface area contributed by atoms with Crippen LogP contribution in [-0.2, 0) is 0 Å². The Kier molecular flexibility index (Phi) is 4.98. The molecule has 1 aliphatic rings. The lowest BCUT2D eigenvalue weighted by Gasteiger charge is -2.26. The Bertz CT molecular complexity index is 859. The standard InChI is InChI=1S/C21H23NO4/c1-5-17(14-8-10-18(25-4)19(12-14)26-6-2)22-20(23)15-9-7-13(3)11-16(15)21(22)24/h7-12,17H,5-6H2,1-4H3. The van der Waals surface area contributed by atoms with Crippen molar-refractivity contribution in [2.45, 2.75) is 33.2 Å². The van der Waals surface area contributed by atoms with Crippen molar-refractivity contribution in [3.05, 3.63) is 58.7 Å². The first-order valence-corrected chi connectivity index (χ1v) is 8.81. The maximum absolute atomic E-state index is 12.9. The summed E-state index contributed by atoms with van der Waals surface area (Å²) in [5.74, 6) is 0.752. The number of rotatable bonds is 6. The molecule has 1 atom stereocenters. The molecule has 2 aromatic carbocycles. The first-order valence-electron chi connectivity index (χ1n) is 8.81. The van der Waals surface area contributed by atoms with Gasteiger partial charge in [-0.25, -0.2) is 0 Å². The van der Waals surface area contributed by atoms with Gasteiger partial charge in [-0.05, 0) is 50.1 Å². The van der Waals surface area contributed by atoms with Crippen molar-refractivity contribution in [3.8, 4) is 11.5 Å². The van der Waals surface area contributed by atoms with Crippen LogP contribution in [0.5, 0.6) is 11.5 Å².